The van der Waals surface area contributed by atoms with Crippen LogP contribution in [0.25, 0.3) is 0 Å². The summed E-state index contributed by atoms with van der Waals surface area (Å²) in [5, 5.41) is 2.74. The van der Waals surface area contributed by atoms with Crippen LogP contribution in [0, 0.1) is 13.8 Å². The number of nitrogens with one attached hydrogen (secondary N) is 2. The molecule has 0 bridgehead atoms. The Morgan fingerprint density at radius 3 is 2.58 bits per heavy atom. The van der Waals surface area contributed by atoms with Gasteiger partial charge in [-0.1, -0.05) is 0 Å². The van der Waals surface area contributed by atoms with Crippen molar-refractivity contribution < 1.29 is 4.79 Å². The molecule has 19 heavy (non-hydrogen) atoms. The maximum absolute atomic E-state index is 12.0. The van der Waals surface area contributed by atoms with Crippen LogP contribution in [0.5, 0.6) is 0 Å². The fourth-order valence-corrected chi connectivity index (χ4v) is 1.52. The lowest BCUT2D eigenvalue weighted by Gasteiger charge is -2.08. The van der Waals surface area contributed by atoms with Crippen LogP contribution in [0.4, 0.5) is 11.5 Å². The zero-order valence-electron chi connectivity index (χ0n) is 10.6. The van der Waals surface area contributed by atoms with Crippen LogP contribution < -0.4 is 16.6 Å². The summed E-state index contributed by atoms with van der Waals surface area (Å²) in [6, 6.07) is 3.63. The lowest BCUT2D eigenvalue weighted by molar-refractivity contribution is 0.102. The molecule has 0 radical (unpaired) electrons. The quantitative estimate of drug-likeness (QED) is 0.560. The van der Waals surface area contributed by atoms with E-state index < -0.39 is 0 Å². The number of nitrogens with two attached hydrogens (primary N) is 1. The number of anilines is 2. The largest absolute Gasteiger partial charge is 0.319 e. The summed E-state index contributed by atoms with van der Waals surface area (Å²) in [6.45, 7) is 3.72. The number of aromatic nitrogens is 3. The second-order valence-corrected chi connectivity index (χ2v) is 3.97. The number of hydrogen-bond donors (Lipinski definition) is 3. The summed E-state index contributed by atoms with van der Waals surface area (Å²) in [5.41, 5.74) is 4.85. The molecule has 0 aliphatic carbocycles. The van der Waals surface area contributed by atoms with Crippen molar-refractivity contribution in [1.29, 1.82) is 0 Å². The smallest absolute Gasteiger partial charge is 0.275 e. The van der Waals surface area contributed by atoms with Crippen molar-refractivity contribution in [2.45, 2.75) is 13.8 Å². The third kappa shape index (κ3) is 3.02. The number of hydrazine groups is 1. The van der Waals surface area contributed by atoms with Gasteiger partial charge in [0.25, 0.3) is 5.91 Å². The lowest BCUT2D eigenvalue weighted by atomic mass is 10.2. The topological polar surface area (TPSA) is 106 Å². The summed E-state index contributed by atoms with van der Waals surface area (Å²) in [4.78, 5) is 24.1. The van der Waals surface area contributed by atoms with Crippen molar-refractivity contribution in [2.75, 3.05) is 10.7 Å². The molecule has 0 unspecified atom stereocenters. The molecule has 0 spiro atoms. The highest BCUT2D eigenvalue weighted by molar-refractivity contribution is 6.02. The second kappa shape index (κ2) is 5.40. The fraction of sp³-hybridized carbons (Fsp3) is 0.167. The third-order valence-electron chi connectivity index (χ3n) is 2.51. The van der Waals surface area contributed by atoms with Crippen LogP contribution in [-0.4, -0.2) is 20.9 Å². The molecule has 7 heteroatoms. The number of nitrogens with zero attached hydrogens (tertiary/aromatic N) is 3. The van der Waals surface area contributed by atoms with Gasteiger partial charge in [0.05, 0.1) is 23.8 Å². The average molecular weight is 258 g/mol. The molecule has 0 atom stereocenters. The number of rotatable bonds is 3. The lowest BCUT2D eigenvalue weighted by Crippen LogP contribution is -2.16. The Kier molecular flexibility index (Phi) is 3.67. The fourth-order valence-electron chi connectivity index (χ4n) is 1.52. The van der Waals surface area contributed by atoms with E-state index in [1.807, 2.05) is 19.9 Å². The van der Waals surface area contributed by atoms with Crippen LogP contribution in [-0.2, 0) is 0 Å². The summed E-state index contributed by atoms with van der Waals surface area (Å²) in [5.74, 6) is 5.22. The van der Waals surface area contributed by atoms with Gasteiger partial charge >= 0.3 is 0 Å². The zero-order valence-corrected chi connectivity index (χ0v) is 10.6. The van der Waals surface area contributed by atoms with Crippen molar-refractivity contribution in [3.8, 4) is 0 Å². The summed E-state index contributed by atoms with van der Waals surface area (Å²) < 4.78 is 0. The van der Waals surface area contributed by atoms with E-state index in [-0.39, 0.29) is 11.6 Å². The normalized spacial score (nSPS) is 10.1. The first-order valence-electron chi connectivity index (χ1n) is 5.64. The molecule has 1 amide bonds. The first kappa shape index (κ1) is 12.9. The van der Waals surface area contributed by atoms with Crippen molar-refractivity contribution in [3.63, 3.8) is 0 Å². The summed E-state index contributed by atoms with van der Waals surface area (Å²) in [7, 11) is 0. The zero-order chi connectivity index (χ0) is 13.8. The molecule has 0 saturated heterocycles. The van der Waals surface area contributed by atoms with Gasteiger partial charge in [-0.05, 0) is 26.0 Å². The maximum Gasteiger partial charge on any atom is 0.275 e. The highest BCUT2D eigenvalue weighted by atomic mass is 16.1. The van der Waals surface area contributed by atoms with Gasteiger partial charge < -0.3 is 10.7 Å². The van der Waals surface area contributed by atoms with Crippen molar-refractivity contribution in [1.82, 2.24) is 15.0 Å². The number of carbonyl (C=O) groups is 1. The predicted molar refractivity (Wildman–Crippen MR) is 71.5 cm³/mol. The monoisotopic (exact) mass is 258 g/mol. The van der Waals surface area contributed by atoms with Crippen LogP contribution in [0.3, 0.4) is 0 Å². The Morgan fingerprint density at radius 1 is 1.21 bits per heavy atom. The van der Waals surface area contributed by atoms with Gasteiger partial charge in [0.2, 0.25) is 0 Å². The number of pyridine rings is 1. The number of amides is 1. The van der Waals surface area contributed by atoms with Crippen LogP contribution in [0.2, 0.25) is 0 Å². The molecule has 0 aliphatic heterocycles. The molecule has 2 rings (SSSR count). The molecule has 7 nitrogen and oxygen atoms in total. The molecule has 2 heterocycles. The highest BCUT2D eigenvalue weighted by Crippen LogP contribution is 2.13. The molecular formula is C12H14N6O. The average Bonchev–Trinajstić information content (AvgIpc) is 2.42. The molecule has 0 fully saturated rings. The van der Waals surface area contributed by atoms with Gasteiger partial charge in [-0.15, -0.1) is 0 Å². The van der Waals surface area contributed by atoms with Gasteiger partial charge in [0.15, 0.2) is 5.82 Å². The number of aryl methyl sites for hydroxylation is 2. The first-order valence-corrected chi connectivity index (χ1v) is 5.64. The van der Waals surface area contributed by atoms with Gasteiger partial charge in [-0.25, -0.2) is 15.8 Å². The van der Waals surface area contributed by atoms with E-state index in [4.69, 9.17) is 5.84 Å². The third-order valence-corrected chi connectivity index (χ3v) is 2.51. The molecule has 2 aromatic rings. The second-order valence-electron chi connectivity index (χ2n) is 3.97. The van der Waals surface area contributed by atoms with Crippen LogP contribution in [0.15, 0.2) is 24.5 Å². The van der Waals surface area contributed by atoms with Crippen molar-refractivity contribution >= 4 is 17.4 Å². The summed E-state index contributed by atoms with van der Waals surface area (Å²) in [6.07, 6.45) is 2.73. The van der Waals surface area contributed by atoms with Crippen LogP contribution in [0.1, 0.15) is 21.9 Å². The van der Waals surface area contributed by atoms with Crippen molar-refractivity contribution in [3.05, 3.63) is 41.6 Å². The van der Waals surface area contributed by atoms with E-state index in [1.54, 1.807) is 6.07 Å². The minimum Gasteiger partial charge on any atom is -0.319 e. The van der Waals surface area contributed by atoms with Gasteiger partial charge in [0.1, 0.15) is 5.69 Å². The molecule has 2 aromatic heterocycles. The SMILES string of the molecule is Cc1ccc(NC(=O)c2cnc(NN)cn2)c(C)n1. The number of hydrogen-bond acceptors (Lipinski definition) is 6. The Morgan fingerprint density at radius 2 is 2.00 bits per heavy atom. The Balaban J connectivity index is 2.15. The van der Waals surface area contributed by atoms with Crippen molar-refractivity contribution in [2.24, 2.45) is 5.84 Å². The Hall–Kier alpha value is -2.54. The first-order chi connectivity index (χ1) is 9.10. The number of nitrogen functional groups attached to an aromatic ring is 1. The molecule has 0 aliphatic rings. The Labute approximate surface area is 110 Å². The highest BCUT2D eigenvalue weighted by Gasteiger charge is 2.10. The van der Waals surface area contributed by atoms with E-state index in [2.05, 4.69) is 25.7 Å². The van der Waals surface area contributed by atoms with Gasteiger partial charge in [-0.2, -0.15) is 0 Å². The minimum absolute atomic E-state index is 0.207. The summed E-state index contributed by atoms with van der Waals surface area (Å²) >= 11 is 0. The van der Waals surface area contributed by atoms with E-state index >= 15 is 0 Å². The molecule has 0 aromatic carbocycles. The molecular weight excluding hydrogens is 244 g/mol. The number of carbonyl (C=O) groups excluding carboxylic acids is 1. The molecule has 4 N–H and O–H groups in total. The maximum atomic E-state index is 12.0. The molecule has 98 valence electrons. The van der Waals surface area contributed by atoms with Gasteiger partial charge in [0, 0.05) is 5.69 Å². The van der Waals surface area contributed by atoms with E-state index in [9.17, 15) is 4.79 Å². The molecule has 0 saturated carbocycles. The Bertz CT molecular complexity index is 596. The van der Waals surface area contributed by atoms with Crippen LogP contribution >= 0.6 is 0 Å². The van der Waals surface area contributed by atoms with E-state index in [0.717, 1.165) is 11.4 Å². The minimum atomic E-state index is -0.343. The standard InChI is InChI=1S/C12H14N6O/c1-7-3-4-9(8(2)16-7)17-12(19)10-5-15-11(18-13)6-14-10/h3-6H,13H2,1-2H3,(H,15,18)(H,17,19). The van der Waals surface area contributed by atoms with E-state index in [1.165, 1.54) is 12.4 Å². The predicted octanol–water partition coefficient (Wildman–Crippen LogP) is 1.03. The van der Waals surface area contributed by atoms with Gasteiger partial charge in [-0.3, -0.25) is 9.78 Å². The van der Waals surface area contributed by atoms with E-state index in [0.29, 0.717) is 11.5 Å².